The van der Waals surface area contributed by atoms with Crippen molar-refractivity contribution in [1.82, 2.24) is 5.32 Å². The minimum Gasteiger partial charge on any atom is -0.480 e. The Morgan fingerprint density at radius 2 is 1.35 bits per heavy atom. The predicted molar refractivity (Wildman–Crippen MR) is 91.3 cm³/mol. The second-order valence-corrected chi connectivity index (χ2v) is 10.8. The molecule has 1 amide bonds. The molecule has 0 aliphatic carbocycles. The maximum absolute atomic E-state index is 10.9. The first-order valence-electron chi connectivity index (χ1n) is 7.12. The summed E-state index contributed by atoms with van der Waals surface area (Å²) < 4.78 is 21.5. The van der Waals surface area contributed by atoms with Gasteiger partial charge in [0.05, 0.1) is 0 Å². The predicted octanol–water partition coefficient (Wildman–Crippen LogP) is -0.445. The minimum atomic E-state index is -3.22. The molecule has 0 spiro atoms. The van der Waals surface area contributed by atoms with Crippen LogP contribution in [0.5, 0.6) is 0 Å². The number of carbonyl (C=O) groups is 3. The fourth-order valence-electron chi connectivity index (χ4n) is 1.37. The Labute approximate surface area is 181 Å². The van der Waals surface area contributed by atoms with Gasteiger partial charge in [-0.05, 0) is 12.8 Å². The van der Waals surface area contributed by atoms with Crippen LogP contribution in [0.4, 0.5) is 0 Å². The van der Waals surface area contributed by atoms with Gasteiger partial charge in [0.2, 0.25) is 5.91 Å². The van der Waals surface area contributed by atoms with E-state index in [0.29, 0.717) is 0 Å². The molecule has 0 heterocycles. The van der Waals surface area contributed by atoms with Gasteiger partial charge < -0.3 is 31.1 Å². The molecule has 7 N–H and O–H groups in total. The molecule has 156 valence electrons. The van der Waals surface area contributed by atoms with Gasteiger partial charge in [-0.15, -0.1) is 0 Å². The molecule has 0 bridgehead atoms. The zero-order chi connectivity index (χ0) is 20.4. The summed E-state index contributed by atoms with van der Waals surface area (Å²) in [4.78, 5) is 49.0. The Balaban J connectivity index is -0.000000402. The van der Waals surface area contributed by atoms with E-state index in [2.05, 4.69) is 5.32 Å². The Hall–Kier alpha value is 0.00974. The van der Waals surface area contributed by atoms with Crippen molar-refractivity contribution < 1.29 is 81.3 Å². The van der Waals surface area contributed by atoms with Gasteiger partial charge in [-0.2, -0.15) is 0 Å². The molecule has 0 aromatic carbocycles. The minimum absolute atomic E-state index is 0. The molecule has 0 aromatic rings. The number of carbonyl (C=O) groups excluding carboxylic acids is 1. The van der Waals surface area contributed by atoms with E-state index in [0.717, 1.165) is 6.66 Å². The van der Waals surface area contributed by atoms with Crippen molar-refractivity contribution >= 4 is 32.6 Å². The molecule has 0 radical (unpaired) electrons. The van der Waals surface area contributed by atoms with Crippen molar-refractivity contribution in [2.45, 2.75) is 31.8 Å². The molecule has 26 heavy (non-hydrogen) atoms. The van der Waals surface area contributed by atoms with E-state index in [1.807, 2.05) is 0 Å². The molecule has 4 atom stereocenters. The molecule has 0 aromatic heterocycles. The van der Waals surface area contributed by atoms with E-state index in [9.17, 15) is 23.5 Å². The van der Waals surface area contributed by atoms with Gasteiger partial charge in [0.25, 0.3) is 0 Å². The summed E-state index contributed by atoms with van der Waals surface area (Å²) in [6.45, 7) is 3.53. The number of hydrogen-bond acceptors (Lipinski definition) is 6. The zero-order valence-corrected chi connectivity index (χ0v) is 17.1. The molecular formula is C12H26ArN2O9P2. The van der Waals surface area contributed by atoms with Crippen molar-refractivity contribution in [2.75, 3.05) is 25.7 Å². The van der Waals surface area contributed by atoms with E-state index < -0.39 is 44.7 Å². The normalized spacial score (nSPS) is 17.0. The fourth-order valence-corrected chi connectivity index (χ4v) is 2.87. The number of amides is 1. The second kappa shape index (κ2) is 14.1. The van der Waals surface area contributed by atoms with Crippen LogP contribution >= 0.6 is 14.7 Å². The van der Waals surface area contributed by atoms with E-state index in [-0.39, 0.29) is 62.9 Å². The first kappa shape index (κ1) is 30.7. The monoisotopic (exact) mass is 444 g/mol. The summed E-state index contributed by atoms with van der Waals surface area (Å²) in [5, 5.41) is 19.1. The van der Waals surface area contributed by atoms with Crippen molar-refractivity contribution in [1.29, 1.82) is 0 Å². The Morgan fingerprint density at radius 3 is 1.62 bits per heavy atom. The van der Waals surface area contributed by atoms with Crippen molar-refractivity contribution in [3.63, 3.8) is 0 Å². The number of carboxylic acid groups (broad SMARTS) is 2. The van der Waals surface area contributed by atoms with Crippen molar-refractivity contribution in [3.8, 4) is 0 Å². The molecule has 0 rings (SSSR count). The molecule has 14 heteroatoms. The number of nitrogens with one attached hydrogen (secondary N) is 1. The zero-order valence-electron chi connectivity index (χ0n) is 14.6. The van der Waals surface area contributed by atoms with Gasteiger partial charge in [0.15, 0.2) is 14.7 Å². The molecule has 3 unspecified atom stereocenters. The second-order valence-electron chi connectivity index (χ2n) is 5.66. The molecule has 0 fully saturated rings. The van der Waals surface area contributed by atoms with Gasteiger partial charge in [-0.1, -0.05) is 0 Å². The number of nitrogens with two attached hydrogens (primary N) is 1. The molecule has 0 aliphatic rings. The Morgan fingerprint density at radius 1 is 0.962 bits per heavy atom. The van der Waals surface area contributed by atoms with Crippen LogP contribution in [0.15, 0.2) is 0 Å². The summed E-state index contributed by atoms with van der Waals surface area (Å²) in [5.41, 5.74) is 5.09. The van der Waals surface area contributed by atoms with E-state index in [1.165, 1.54) is 13.6 Å². The van der Waals surface area contributed by atoms with Crippen LogP contribution in [0.2, 0.25) is 0 Å². The third-order valence-corrected chi connectivity index (χ3v) is 4.86. The first-order chi connectivity index (χ1) is 11.0. The molecule has 0 aliphatic heterocycles. The van der Waals surface area contributed by atoms with Crippen molar-refractivity contribution in [3.05, 3.63) is 0 Å². The topological polar surface area (TPSA) is 204 Å². The summed E-state index contributed by atoms with van der Waals surface area (Å²) in [6, 6.07) is -2.12. The molecule has 0 saturated carbocycles. The number of carboxylic acids is 2. The van der Waals surface area contributed by atoms with Crippen LogP contribution in [0.1, 0.15) is 19.8 Å². The summed E-state index contributed by atoms with van der Waals surface area (Å²) in [7, 11) is -6.32. The van der Waals surface area contributed by atoms with Crippen LogP contribution in [-0.2, 0) is 23.5 Å². The summed E-state index contributed by atoms with van der Waals surface area (Å²) in [6.07, 6.45) is -0.163. The Kier molecular flexibility index (Phi) is 16.6. The van der Waals surface area contributed by atoms with E-state index >= 15 is 0 Å². The molecular weight excluding hydrogens is 418 g/mol. The van der Waals surface area contributed by atoms with Gasteiger partial charge >= 0.3 is 11.9 Å². The first-order valence-corrected chi connectivity index (χ1v) is 11.7. The third kappa shape index (κ3) is 22.1. The van der Waals surface area contributed by atoms with Gasteiger partial charge in [0.1, 0.15) is 12.1 Å². The SMILES string of the molecule is CC(=O)NC(CCP(C)(=O)O)C(=O)O.CP(=O)(O)CC[C@H](N)C(=O)O.[Ar]. The molecule has 0 saturated heterocycles. The third-order valence-electron chi connectivity index (χ3n) is 2.68. The Bertz CT molecular complexity index is 561. The number of hydrogen-bond donors (Lipinski definition) is 6. The van der Waals surface area contributed by atoms with E-state index in [4.69, 9.17) is 25.7 Å². The number of rotatable bonds is 9. The average Bonchev–Trinajstić information content (AvgIpc) is 2.38. The van der Waals surface area contributed by atoms with Gasteiger partial charge in [0, 0.05) is 70.3 Å². The number of aliphatic carboxylic acids is 2. The van der Waals surface area contributed by atoms with Crippen molar-refractivity contribution in [2.24, 2.45) is 5.73 Å². The standard InChI is InChI=1S/C7H14NO5P.C5H12NO4P.Ar/c1-5(9)8-6(7(10)11)3-4-14(2,12)13;1-11(9,10)3-2-4(6)5(7)8;/h6H,3-4H2,1-2H3,(H,8,9)(H,10,11)(H,12,13);4H,2-3,6H2,1H3,(H,7,8)(H,9,10);/t;4-;/m.0./s1. The summed E-state index contributed by atoms with van der Waals surface area (Å²) >= 11 is 0. The van der Waals surface area contributed by atoms with Gasteiger partial charge in [-0.3, -0.25) is 18.7 Å². The van der Waals surface area contributed by atoms with Crippen LogP contribution in [0.3, 0.4) is 0 Å². The largest absolute Gasteiger partial charge is 0.480 e. The average molecular weight is 444 g/mol. The maximum Gasteiger partial charge on any atom is 0.326 e. The van der Waals surface area contributed by atoms with Crippen LogP contribution in [0.25, 0.3) is 0 Å². The molecule has 11 nitrogen and oxygen atoms in total. The smallest absolute Gasteiger partial charge is 0.326 e. The summed E-state index contributed by atoms with van der Waals surface area (Å²) in [5.74, 6) is -2.81. The van der Waals surface area contributed by atoms with Gasteiger partial charge in [-0.25, -0.2) is 4.79 Å². The quantitative estimate of drug-likeness (QED) is 0.253. The maximum atomic E-state index is 10.9. The fraction of sp³-hybridized carbons (Fsp3) is 0.750. The van der Waals surface area contributed by atoms with Crippen LogP contribution in [-0.4, -0.2) is 75.6 Å². The van der Waals surface area contributed by atoms with Crippen LogP contribution < -0.4 is 11.1 Å². The van der Waals surface area contributed by atoms with E-state index in [1.54, 1.807) is 0 Å². The van der Waals surface area contributed by atoms with Crippen LogP contribution in [0, 0.1) is 37.7 Å².